The third-order valence-electron chi connectivity index (χ3n) is 3.38. The highest BCUT2D eigenvalue weighted by molar-refractivity contribution is 5.80. The molecule has 0 fully saturated rings. The molecular formula is C18H18N4. The van der Waals surface area contributed by atoms with E-state index >= 15 is 0 Å². The van der Waals surface area contributed by atoms with Crippen LogP contribution in [0.5, 0.6) is 0 Å². The fourth-order valence-corrected chi connectivity index (χ4v) is 2.37. The van der Waals surface area contributed by atoms with Crippen LogP contribution in [0.25, 0.3) is 22.6 Å². The Labute approximate surface area is 129 Å². The molecule has 0 saturated heterocycles. The van der Waals surface area contributed by atoms with Crippen LogP contribution >= 0.6 is 0 Å². The van der Waals surface area contributed by atoms with Gasteiger partial charge in [0.25, 0.3) is 0 Å². The summed E-state index contributed by atoms with van der Waals surface area (Å²) in [7, 11) is 0. The quantitative estimate of drug-likeness (QED) is 0.564. The minimum absolute atomic E-state index is 0.549. The van der Waals surface area contributed by atoms with Gasteiger partial charge in [-0.1, -0.05) is 30.3 Å². The van der Waals surface area contributed by atoms with Crippen molar-refractivity contribution in [3.8, 4) is 22.6 Å². The molecule has 0 atom stereocenters. The maximum atomic E-state index is 5.59. The minimum Gasteiger partial charge on any atom is -0.387 e. The summed E-state index contributed by atoms with van der Waals surface area (Å²) in [5.74, 6) is 1.41. The Morgan fingerprint density at radius 2 is 1.68 bits per heavy atom. The Bertz CT molecular complexity index is 795. The van der Waals surface area contributed by atoms with Crippen molar-refractivity contribution in [2.24, 2.45) is 10.7 Å². The summed E-state index contributed by atoms with van der Waals surface area (Å²) >= 11 is 0. The van der Waals surface area contributed by atoms with E-state index in [0.29, 0.717) is 5.84 Å². The summed E-state index contributed by atoms with van der Waals surface area (Å²) < 4.78 is 0. The summed E-state index contributed by atoms with van der Waals surface area (Å²) in [5, 5.41) is 0. The molecule has 0 aliphatic carbocycles. The van der Waals surface area contributed by atoms with Crippen molar-refractivity contribution in [3.63, 3.8) is 0 Å². The standard InChI is InChI=1S/C18H18N4/c1-12-17(14-6-4-3-5-7-14)22-18(20-12)15-8-10-16(11-9-15)21-13(2)19/h3-11H,1-2H3,(H2,19,21)(H,20,22). The fourth-order valence-electron chi connectivity index (χ4n) is 2.37. The number of nitrogens with two attached hydrogens (primary N) is 1. The van der Waals surface area contributed by atoms with E-state index in [2.05, 4.69) is 22.1 Å². The third-order valence-corrected chi connectivity index (χ3v) is 3.38. The highest BCUT2D eigenvalue weighted by Crippen LogP contribution is 2.26. The van der Waals surface area contributed by atoms with Gasteiger partial charge in [0, 0.05) is 16.8 Å². The molecule has 4 heteroatoms. The molecule has 3 rings (SSSR count). The van der Waals surface area contributed by atoms with E-state index in [1.54, 1.807) is 6.92 Å². The van der Waals surface area contributed by atoms with Gasteiger partial charge in [0.1, 0.15) is 5.82 Å². The minimum atomic E-state index is 0.549. The van der Waals surface area contributed by atoms with Gasteiger partial charge in [-0.05, 0) is 38.1 Å². The Morgan fingerprint density at radius 1 is 1.00 bits per heavy atom. The van der Waals surface area contributed by atoms with Crippen LogP contribution in [0.3, 0.4) is 0 Å². The molecule has 0 amide bonds. The normalized spacial score (nSPS) is 11.6. The summed E-state index contributed by atoms with van der Waals surface area (Å²) in [6.45, 7) is 3.81. The second kappa shape index (κ2) is 5.85. The van der Waals surface area contributed by atoms with E-state index in [1.807, 2.05) is 49.4 Å². The van der Waals surface area contributed by atoms with Gasteiger partial charge in [-0.15, -0.1) is 0 Å². The van der Waals surface area contributed by atoms with Crippen molar-refractivity contribution in [3.05, 3.63) is 60.3 Å². The number of benzene rings is 2. The molecule has 0 bridgehead atoms. The average Bonchev–Trinajstić information content (AvgIpc) is 2.90. The number of hydrogen-bond acceptors (Lipinski definition) is 2. The predicted molar refractivity (Wildman–Crippen MR) is 91.2 cm³/mol. The summed E-state index contributed by atoms with van der Waals surface area (Å²) in [5.41, 5.74) is 10.6. The predicted octanol–water partition coefficient (Wildman–Crippen LogP) is 4.06. The fraction of sp³-hybridized carbons (Fsp3) is 0.111. The maximum absolute atomic E-state index is 5.59. The number of hydrogen-bond donors (Lipinski definition) is 2. The van der Waals surface area contributed by atoms with Gasteiger partial charge in [0.05, 0.1) is 17.2 Å². The molecule has 1 heterocycles. The molecule has 0 unspecified atom stereocenters. The van der Waals surface area contributed by atoms with Crippen molar-refractivity contribution in [1.29, 1.82) is 0 Å². The van der Waals surface area contributed by atoms with E-state index in [9.17, 15) is 0 Å². The SMILES string of the molecule is CC(N)=Nc1ccc(-c2nc(-c3ccccc3)c(C)[nH]2)cc1. The first-order valence-corrected chi connectivity index (χ1v) is 7.17. The lowest BCUT2D eigenvalue weighted by Crippen LogP contribution is -2.03. The molecule has 3 N–H and O–H groups in total. The van der Waals surface area contributed by atoms with Crippen molar-refractivity contribution in [1.82, 2.24) is 9.97 Å². The number of aromatic nitrogens is 2. The topological polar surface area (TPSA) is 67.1 Å². The van der Waals surface area contributed by atoms with Crippen molar-refractivity contribution in [2.75, 3.05) is 0 Å². The molecule has 4 nitrogen and oxygen atoms in total. The van der Waals surface area contributed by atoms with Gasteiger partial charge in [0.15, 0.2) is 0 Å². The van der Waals surface area contributed by atoms with Gasteiger partial charge in [-0.3, -0.25) is 0 Å². The van der Waals surface area contributed by atoms with E-state index in [4.69, 9.17) is 10.7 Å². The van der Waals surface area contributed by atoms with Crippen LogP contribution in [0.2, 0.25) is 0 Å². The monoisotopic (exact) mass is 290 g/mol. The molecule has 110 valence electrons. The van der Waals surface area contributed by atoms with Crippen LogP contribution in [-0.4, -0.2) is 15.8 Å². The highest BCUT2D eigenvalue weighted by Gasteiger charge is 2.10. The Kier molecular flexibility index (Phi) is 3.74. The first-order chi connectivity index (χ1) is 10.6. The number of nitrogens with zero attached hydrogens (tertiary/aromatic N) is 2. The average molecular weight is 290 g/mol. The van der Waals surface area contributed by atoms with Crippen LogP contribution < -0.4 is 5.73 Å². The molecule has 0 spiro atoms. The molecule has 0 radical (unpaired) electrons. The van der Waals surface area contributed by atoms with Crippen LogP contribution in [0.1, 0.15) is 12.6 Å². The second-order valence-electron chi connectivity index (χ2n) is 5.23. The van der Waals surface area contributed by atoms with Gasteiger partial charge >= 0.3 is 0 Å². The second-order valence-corrected chi connectivity index (χ2v) is 5.23. The number of rotatable bonds is 3. The van der Waals surface area contributed by atoms with Crippen LogP contribution in [-0.2, 0) is 0 Å². The van der Waals surface area contributed by atoms with E-state index in [1.165, 1.54) is 0 Å². The summed E-state index contributed by atoms with van der Waals surface area (Å²) in [4.78, 5) is 12.3. The summed E-state index contributed by atoms with van der Waals surface area (Å²) in [6, 6.07) is 18.0. The van der Waals surface area contributed by atoms with E-state index in [-0.39, 0.29) is 0 Å². The number of aryl methyl sites for hydroxylation is 1. The first-order valence-electron chi connectivity index (χ1n) is 7.17. The largest absolute Gasteiger partial charge is 0.387 e. The van der Waals surface area contributed by atoms with Gasteiger partial charge in [-0.2, -0.15) is 0 Å². The number of H-pyrrole nitrogens is 1. The van der Waals surface area contributed by atoms with Gasteiger partial charge < -0.3 is 10.7 Å². The molecule has 2 aromatic carbocycles. The lowest BCUT2D eigenvalue weighted by Gasteiger charge is -1.99. The van der Waals surface area contributed by atoms with E-state index in [0.717, 1.165) is 34.0 Å². The first kappa shape index (κ1) is 14.1. The molecular weight excluding hydrogens is 272 g/mol. The molecule has 1 aromatic heterocycles. The van der Waals surface area contributed by atoms with Crippen LogP contribution in [0.4, 0.5) is 5.69 Å². The number of aliphatic imine (C=N–C) groups is 1. The molecule has 0 aliphatic rings. The molecule has 3 aromatic rings. The number of aromatic amines is 1. The Hall–Kier alpha value is -2.88. The van der Waals surface area contributed by atoms with Crippen molar-refractivity contribution >= 4 is 11.5 Å². The Balaban J connectivity index is 1.95. The lowest BCUT2D eigenvalue weighted by molar-refractivity contribution is 1.25. The van der Waals surface area contributed by atoms with Crippen LogP contribution in [0.15, 0.2) is 59.6 Å². The maximum Gasteiger partial charge on any atom is 0.138 e. The van der Waals surface area contributed by atoms with Gasteiger partial charge in [0.2, 0.25) is 0 Å². The number of amidine groups is 1. The number of nitrogens with one attached hydrogen (secondary N) is 1. The smallest absolute Gasteiger partial charge is 0.138 e. The zero-order valence-corrected chi connectivity index (χ0v) is 12.7. The Morgan fingerprint density at radius 3 is 2.32 bits per heavy atom. The molecule has 22 heavy (non-hydrogen) atoms. The highest BCUT2D eigenvalue weighted by atomic mass is 14.9. The van der Waals surface area contributed by atoms with Gasteiger partial charge in [-0.25, -0.2) is 9.98 Å². The third kappa shape index (κ3) is 2.91. The zero-order valence-electron chi connectivity index (χ0n) is 12.7. The van der Waals surface area contributed by atoms with Crippen LogP contribution in [0, 0.1) is 6.92 Å². The molecule has 0 saturated carbocycles. The lowest BCUT2D eigenvalue weighted by atomic mass is 10.1. The zero-order chi connectivity index (χ0) is 15.5. The van der Waals surface area contributed by atoms with Crippen molar-refractivity contribution < 1.29 is 0 Å². The summed E-state index contributed by atoms with van der Waals surface area (Å²) in [6.07, 6.45) is 0. The number of imidazole rings is 1. The van der Waals surface area contributed by atoms with Crippen molar-refractivity contribution in [2.45, 2.75) is 13.8 Å². The van der Waals surface area contributed by atoms with E-state index < -0.39 is 0 Å². The molecule has 0 aliphatic heterocycles.